The molecule has 2 aliphatic heterocycles. The van der Waals surface area contributed by atoms with Gasteiger partial charge in [-0.1, -0.05) is 30.3 Å². The number of carbonyl (C=O) groups is 2. The third-order valence-corrected chi connectivity index (χ3v) is 11.5. The monoisotopic (exact) mass is 629 g/mol. The highest BCUT2D eigenvalue weighted by atomic mass is 32.2. The molecule has 5 atom stereocenters. The summed E-state index contributed by atoms with van der Waals surface area (Å²) in [7, 11) is 1.39. The number of aliphatic hydroxyl groups is 3. The van der Waals surface area contributed by atoms with Crippen molar-refractivity contribution in [2.45, 2.75) is 63.6 Å². The van der Waals surface area contributed by atoms with E-state index in [1.807, 2.05) is 49.1 Å². The highest BCUT2D eigenvalue weighted by Gasteiger charge is 2.40. The van der Waals surface area contributed by atoms with E-state index in [2.05, 4.69) is 42.6 Å². The van der Waals surface area contributed by atoms with Crippen molar-refractivity contribution in [3.8, 4) is 5.75 Å². The van der Waals surface area contributed by atoms with E-state index in [1.165, 1.54) is 0 Å². The number of carbonyl (C=O) groups excluding carboxylic acids is 2. The average molecular weight is 630 g/mol. The van der Waals surface area contributed by atoms with E-state index in [1.54, 1.807) is 0 Å². The molecule has 0 aliphatic carbocycles. The van der Waals surface area contributed by atoms with E-state index in [0.29, 0.717) is 31.7 Å². The lowest BCUT2D eigenvalue weighted by Crippen LogP contribution is -2.53. The van der Waals surface area contributed by atoms with Crippen LogP contribution in [0.5, 0.6) is 5.75 Å². The molecule has 2 saturated heterocycles. The van der Waals surface area contributed by atoms with Crippen LogP contribution in [0.1, 0.15) is 54.2 Å². The second-order valence-corrected chi connectivity index (χ2v) is 15.6. The molecular formula is C34H51N3O6S. The van der Waals surface area contributed by atoms with Crippen LogP contribution in [0.4, 0.5) is 0 Å². The Morgan fingerprint density at radius 3 is 2.39 bits per heavy atom. The topological polar surface area (TPSA) is 123 Å². The molecule has 0 bridgehead atoms. The van der Waals surface area contributed by atoms with Crippen molar-refractivity contribution in [1.82, 2.24) is 15.1 Å². The molecule has 9 nitrogen and oxygen atoms in total. The van der Waals surface area contributed by atoms with Gasteiger partial charge in [-0.05, 0) is 81.3 Å². The molecule has 2 aliphatic rings. The van der Waals surface area contributed by atoms with Crippen LogP contribution >= 0.6 is 10.9 Å². The van der Waals surface area contributed by atoms with Gasteiger partial charge >= 0.3 is 0 Å². The van der Waals surface area contributed by atoms with Crippen LogP contribution in [0.2, 0.25) is 0 Å². The molecule has 2 fully saturated rings. The summed E-state index contributed by atoms with van der Waals surface area (Å²) in [4.78, 5) is 29.5. The first kappa shape index (κ1) is 34.2. The Hall–Kier alpha value is -2.63. The molecule has 4 rings (SSSR count). The van der Waals surface area contributed by atoms with Gasteiger partial charge in [0.2, 0.25) is 11.8 Å². The largest absolute Gasteiger partial charge is 0.494 e. The second kappa shape index (κ2) is 15.1. The first-order chi connectivity index (χ1) is 20.9. The number of amides is 2. The number of rotatable bonds is 11. The Balaban J connectivity index is 1.21. The van der Waals surface area contributed by atoms with Crippen LogP contribution < -0.4 is 10.1 Å². The molecule has 1 unspecified atom stereocenters. The number of aryl methyl sites for hydroxylation is 1. The van der Waals surface area contributed by atoms with Crippen LogP contribution in [0.25, 0.3) is 0 Å². The Labute approximate surface area is 264 Å². The first-order valence-corrected chi connectivity index (χ1v) is 17.7. The van der Waals surface area contributed by atoms with E-state index in [9.17, 15) is 24.9 Å². The molecule has 44 heavy (non-hydrogen) atoms. The third kappa shape index (κ3) is 8.75. The van der Waals surface area contributed by atoms with E-state index < -0.39 is 34.6 Å². The normalized spacial score (nSPS) is 25.5. The van der Waals surface area contributed by atoms with E-state index in [0.717, 1.165) is 60.6 Å². The predicted molar refractivity (Wildman–Crippen MR) is 177 cm³/mol. The van der Waals surface area contributed by atoms with Crippen molar-refractivity contribution in [1.29, 1.82) is 0 Å². The van der Waals surface area contributed by atoms with Gasteiger partial charge < -0.3 is 35.2 Å². The molecule has 10 heteroatoms. The van der Waals surface area contributed by atoms with Crippen LogP contribution in [-0.4, -0.2) is 114 Å². The summed E-state index contributed by atoms with van der Waals surface area (Å²) >= 11 is 0. The number of nitrogens with zero attached hydrogens (tertiary/aromatic N) is 2. The molecule has 0 radical (unpaired) electrons. The van der Waals surface area contributed by atoms with Crippen molar-refractivity contribution < 1.29 is 29.6 Å². The molecule has 4 N–H and O–H groups in total. The maximum Gasteiger partial charge on any atom is 0.230 e. The van der Waals surface area contributed by atoms with Crippen LogP contribution in [0, 0.1) is 12.3 Å². The number of likely N-dealkylation sites (N-methyl/N-ethyl adjacent to an activating group) is 1. The number of aliphatic hydroxyl groups excluding tert-OH is 3. The predicted octanol–water partition coefficient (Wildman–Crippen LogP) is 2.43. The Morgan fingerprint density at radius 2 is 1.70 bits per heavy atom. The fourth-order valence-corrected chi connectivity index (χ4v) is 8.38. The maximum atomic E-state index is 12.9. The molecule has 0 aromatic heterocycles. The number of benzene rings is 2. The van der Waals surface area contributed by atoms with Gasteiger partial charge in [0.05, 0.1) is 24.2 Å². The molecule has 2 amide bonds. The zero-order valence-electron chi connectivity index (χ0n) is 26.8. The van der Waals surface area contributed by atoms with Gasteiger partial charge in [0, 0.05) is 50.1 Å². The second-order valence-electron chi connectivity index (χ2n) is 13.1. The summed E-state index contributed by atoms with van der Waals surface area (Å²) < 4.78 is 5.88. The van der Waals surface area contributed by atoms with Gasteiger partial charge in [-0.15, -0.1) is 0 Å². The Morgan fingerprint density at radius 1 is 1.02 bits per heavy atom. The van der Waals surface area contributed by atoms with Crippen molar-refractivity contribution >= 4 is 22.7 Å². The number of thiol groups is 1. The van der Waals surface area contributed by atoms with Crippen LogP contribution in [0.15, 0.2) is 42.5 Å². The molecule has 2 aromatic rings. The standard InChI is InChI=1S/C34H51N3O6S/c1-23-8-11-25(32-31(41)30(40)28(38)21-44(32)5)20-26(23)19-24-9-12-27(13-10-24)43-18-6-7-29(39)35-22-34(2,3)33(42)37-16-14-36(4)15-17-37/h8-13,20,28,30-32,38,40-41,44H,6-7,14-19,21-22H2,1-5H3,(H,35,39)/t28-,30-,31-,32+/m1/s1. The SMILES string of the molecule is Cc1ccc([C@H]2[C@H](O)[C@H](O)[C@H](O)C[SH]2C)cc1Cc1ccc(OCCCC(=O)NCC(C)(C)C(=O)N2CCN(C)CC2)cc1. The summed E-state index contributed by atoms with van der Waals surface area (Å²) in [5.74, 6) is 1.26. The fourth-order valence-electron chi connectivity index (χ4n) is 5.98. The minimum atomic E-state index is -1.12. The lowest BCUT2D eigenvalue weighted by atomic mass is 9.91. The molecule has 2 heterocycles. The molecule has 0 spiro atoms. The zero-order chi connectivity index (χ0) is 32.0. The van der Waals surface area contributed by atoms with Crippen LogP contribution in [-0.2, 0) is 16.0 Å². The van der Waals surface area contributed by atoms with Gasteiger partial charge in [0.1, 0.15) is 11.9 Å². The zero-order valence-corrected chi connectivity index (χ0v) is 27.7. The van der Waals surface area contributed by atoms with Gasteiger partial charge in [-0.2, -0.15) is 0 Å². The van der Waals surface area contributed by atoms with Gasteiger partial charge in [-0.25, -0.2) is 10.9 Å². The smallest absolute Gasteiger partial charge is 0.230 e. The minimum Gasteiger partial charge on any atom is -0.494 e. The Bertz CT molecular complexity index is 1260. The number of ether oxygens (including phenoxy) is 1. The van der Waals surface area contributed by atoms with Crippen molar-refractivity contribution in [3.63, 3.8) is 0 Å². The summed E-state index contributed by atoms with van der Waals surface area (Å²) in [6.07, 6.45) is 0.730. The number of hydrogen-bond donors (Lipinski definition) is 5. The van der Waals surface area contributed by atoms with E-state index in [-0.39, 0.29) is 17.1 Å². The number of hydrogen-bond acceptors (Lipinski definition) is 7. The Kier molecular flexibility index (Phi) is 11.8. The number of piperazine rings is 1. The quantitative estimate of drug-likeness (QED) is 0.191. The minimum absolute atomic E-state index is 0.0807. The highest BCUT2D eigenvalue weighted by Crippen LogP contribution is 2.48. The molecule has 0 saturated carbocycles. The molecular weight excluding hydrogens is 578 g/mol. The summed E-state index contributed by atoms with van der Waals surface area (Å²) in [6, 6.07) is 14.2. The summed E-state index contributed by atoms with van der Waals surface area (Å²) in [5, 5.41) is 33.8. The molecule has 244 valence electrons. The lowest BCUT2D eigenvalue weighted by molar-refractivity contribution is -0.142. The number of nitrogens with one attached hydrogen (secondary N) is 1. The summed E-state index contributed by atoms with van der Waals surface area (Å²) in [5.41, 5.74) is 3.81. The van der Waals surface area contributed by atoms with Gasteiger partial charge in [-0.3, -0.25) is 9.59 Å². The highest BCUT2D eigenvalue weighted by molar-refractivity contribution is 8.16. The fraction of sp³-hybridized carbons (Fsp3) is 0.588. The van der Waals surface area contributed by atoms with Gasteiger partial charge in [0.25, 0.3) is 0 Å². The van der Waals surface area contributed by atoms with Crippen molar-refractivity contribution in [3.05, 3.63) is 64.7 Å². The molecule has 2 aromatic carbocycles. The maximum absolute atomic E-state index is 12.9. The van der Waals surface area contributed by atoms with Crippen LogP contribution in [0.3, 0.4) is 0 Å². The van der Waals surface area contributed by atoms with Crippen molar-refractivity contribution in [2.75, 3.05) is 58.4 Å². The first-order valence-electron chi connectivity index (χ1n) is 15.7. The third-order valence-electron chi connectivity index (χ3n) is 8.96. The van der Waals surface area contributed by atoms with E-state index in [4.69, 9.17) is 4.74 Å². The van der Waals surface area contributed by atoms with Gasteiger partial charge in [0.15, 0.2) is 0 Å². The van der Waals surface area contributed by atoms with E-state index >= 15 is 0 Å². The lowest BCUT2D eigenvalue weighted by Gasteiger charge is -2.42. The summed E-state index contributed by atoms with van der Waals surface area (Å²) in [6.45, 7) is 9.77. The van der Waals surface area contributed by atoms with Crippen molar-refractivity contribution in [2.24, 2.45) is 5.41 Å². The average Bonchev–Trinajstić information content (AvgIpc) is 2.99.